The number of rotatable bonds is 4. The number of fused-ring (bicyclic) bond motifs is 1. The highest BCUT2D eigenvalue weighted by molar-refractivity contribution is 6.07. The molecule has 1 aliphatic rings. The Hall–Kier alpha value is -3.57. The van der Waals surface area contributed by atoms with Gasteiger partial charge in [0.05, 0.1) is 22.5 Å². The molecule has 3 heterocycles. The number of hydrogen-bond acceptors (Lipinski definition) is 4. The summed E-state index contributed by atoms with van der Waals surface area (Å²) in [5, 5.41) is 0.909. The SMILES string of the molecule is O=C(c1cc(-c2ccccc2)nc2ccccc12)N1CCCN(Cc2ccccn2)CC1. The second-order valence-corrected chi connectivity index (χ2v) is 8.18. The summed E-state index contributed by atoms with van der Waals surface area (Å²) in [6, 6.07) is 26.0. The number of aromatic nitrogens is 2. The average molecular weight is 423 g/mol. The maximum Gasteiger partial charge on any atom is 0.254 e. The topological polar surface area (TPSA) is 49.3 Å². The number of benzene rings is 2. The number of amides is 1. The van der Waals surface area contributed by atoms with Crippen molar-refractivity contribution in [2.24, 2.45) is 0 Å². The zero-order chi connectivity index (χ0) is 21.8. The first-order valence-corrected chi connectivity index (χ1v) is 11.1. The minimum absolute atomic E-state index is 0.0838. The van der Waals surface area contributed by atoms with E-state index >= 15 is 0 Å². The highest BCUT2D eigenvalue weighted by Crippen LogP contribution is 2.26. The lowest BCUT2D eigenvalue weighted by Crippen LogP contribution is -2.35. The Labute approximate surface area is 188 Å². The highest BCUT2D eigenvalue weighted by Gasteiger charge is 2.23. The van der Waals surface area contributed by atoms with E-state index in [-0.39, 0.29) is 5.91 Å². The molecule has 5 nitrogen and oxygen atoms in total. The molecular formula is C27H26N4O. The van der Waals surface area contributed by atoms with Gasteiger partial charge < -0.3 is 4.90 Å². The van der Waals surface area contributed by atoms with Gasteiger partial charge in [0.2, 0.25) is 0 Å². The van der Waals surface area contributed by atoms with Gasteiger partial charge in [0.15, 0.2) is 0 Å². The van der Waals surface area contributed by atoms with Crippen LogP contribution in [0, 0.1) is 0 Å². The molecule has 2 aromatic carbocycles. The van der Waals surface area contributed by atoms with E-state index in [1.165, 1.54) is 0 Å². The lowest BCUT2D eigenvalue weighted by atomic mass is 10.0. The quantitative estimate of drug-likeness (QED) is 0.481. The van der Waals surface area contributed by atoms with Crippen molar-refractivity contribution in [3.8, 4) is 11.3 Å². The van der Waals surface area contributed by atoms with Crippen molar-refractivity contribution in [1.29, 1.82) is 0 Å². The number of hydrogen-bond donors (Lipinski definition) is 0. The molecule has 5 rings (SSSR count). The van der Waals surface area contributed by atoms with Crippen molar-refractivity contribution in [2.75, 3.05) is 26.2 Å². The van der Waals surface area contributed by atoms with Crippen LogP contribution in [0.3, 0.4) is 0 Å². The largest absolute Gasteiger partial charge is 0.337 e. The van der Waals surface area contributed by atoms with Crippen LogP contribution in [-0.4, -0.2) is 51.9 Å². The van der Waals surface area contributed by atoms with Crippen LogP contribution in [0.2, 0.25) is 0 Å². The zero-order valence-corrected chi connectivity index (χ0v) is 18.0. The molecule has 0 bridgehead atoms. The number of nitrogens with zero attached hydrogens (tertiary/aromatic N) is 4. The molecule has 0 atom stereocenters. The second-order valence-electron chi connectivity index (χ2n) is 8.18. The molecule has 0 aliphatic carbocycles. The van der Waals surface area contributed by atoms with Gasteiger partial charge in [0.1, 0.15) is 0 Å². The zero-order valence-electron chi connectivity index (χ0n) is 18.0. The predicted octanol–water partition coefficient (Wildman–Crippen LogP) is 4.64. The minimum atomic E-state index is 0.0838. The number of carbonyl (C=O) groups excluding carboxylic acids is 1. The van der Waals surface area contributed by atoms with Crippen LogP contribution >= 0.6 is 0 Å². The fourth-order valence-electron chi connectivity index (χ4n) is 4.33. The molecule has 0 spiro atoms. The fourth-order valence-corrected chi connectivity index (χ4v) is 4.33. The van der Waals surface area contributed by atoms with Gasteiger partial charge in [0, 0.05) is 49.9 Å². The predicted molar refractivity (Wildman–Crippen MR) is 127 cm³/mol. The van der Waals surface area contributed by atoms with E-state index in [0.29, 0.717) is 6.54 Å². The van der Waals surface area contributed by atoms with Crippen molar-refractivity contribution in [2.45, 2.75) is 13.0 Å². The number of pyridine rings is 2. The summed E-state index contributed by atoms with van der Waals surface area (Å²) in [7, 11) is 0. The molecule has 2 aromatic heterocycles. The van der Waals surface area contributed by atoms with E-state index in [1.54, 1.807) is 0 Å². The molecule has 0 radical (unpaired) electrons. The monoisotopic (exact) mass is 422 g/mol. The van der Waals surface area contributed by atoms with E-state index in [9.17, 15) is 4.79 Å². The van der Waals surface area contributed by atoms with Gasteiger partial charge >= 0.3 is 0 Å². The Morgan fingerprint density at radius 1 is 0.844 bits per heavy atom. The molecule has 1 saturated heterocycles. The van der Waals surface area contributed by atoms with Crippen molar-refractivity contribution in [3.63, 3.8) is 0 Å². The highest BCUT2D eigenvalue weighted by atomic mass is 16.2. The average Bonchev–Trinajstić information content (AvgIpc) is 3.09. The summed E-state index contributed by atoms with van der Waals surface area (Å²) in [5.41, 5.74) is 4.50. The van der Waals surface area contributed by atoms with Crippen molar-refractivity contribution in [1.82, 2.24) is 19.8 Å². The lowest BCUT2D eigenvalue weighted by molar-refractivity contribution is 0.0763. The molecular weight excluding hydrogens is 396 g/mol. The third kappa shape index (κ3) is 4.39. The maximum absolute atomic E-state index is 13.7. The third-order valence-electron chi connectivity index (χ3n) is 6.00. The van der Waals surface area contributed by atoms with Crippen LogP contribution in [0.1, 0.15) is 22.5 Å². The molecule has 4 aromatic rings. The number of carbonyl (C=O) groups is 1. The molecule has 0 unspecified atom stereocenters. The summed E-state index contributed by atoms with van der Waals surface area (Å²) in [5.74, 6) is 0.0838. The Balaban J connectivity index is 1.40. The first-order chi connectivity index (χ1) is 15.8. The van der Waals surface area contributed by atoms with Gasteiger partial charge in [-0.1, -0.05) is 54.6 Å². The standard InChI is InChI=1S/C27H26N4O/c32-27(31-16-8-15-30(17-18-31)20-22-11-6-7-14-28-22)24-19-26(21-9-2-1-3-10-21)29-25-13-5-4-12-23(24)25/h1-7,9-14,19H,8,15-18,20H2. The summed E-state index contributed by atoms with van der Waals surface area (Å²) in [4.78, 5) is 27.3. The fraction of sp³-hybridized carbons (Fsp3) is 0.222. The van der Waals surface area contributed by atoms with Crippen LogP contribution in [-0.2, 0) is 6.54 Å². The smallest absolute Gasteiger partial charge is 0.254 e. The molecule has 1 fully saturated rings. The van der Waals surface area contributed by atoms with Gasteiger partial charge in [-0.3, -0.25) is 14.7 Å². The Bertz CT molecular complexity index is 1210. The van der Waals surface area contributed by atoms with Crippen molar-refractivity contribution >= 4 is 16.8 Å². The third-order valence-corrected chi connectivity index (χ3v) is 6.00. The van der Waals surface area contributed by atoms with E-state index in [0.717, 1.165) is 66.0 Å². The van der Waals surface area contributed by atoms with Crippen LogP contribution in [0.15, 0.2) is 85.1 Å². The summed E-state index contributed by atoms with van der Waals surface area (Å²) in [6.07, 6.45) is 2.79. The normalized spacial score (nSPS) is 14.9. The summed E-state index contributed by atoms with van der Waals surface area (Å²) >= 11 is 0. The van der Waals surface area contributed by atoms with Crippen LogP contribution < -0.4 is 0 Å². The minimum Gasteiger partial charge on any atom is -0.337 e. The van der Waals surface area contributed by atoms with Gasteiger partial charge in [0.25, 0.3) is 5.91 Å². The van der Waals surface area contributed by atoms with E-state index in [1.807, 2.05) is 83.9 Å². The van der Waals surface area contributed by atoms with Crippen LogP contribution in [0.4, 0.5) is 0 Å². The van der Waals surface area contributed by atoms with Gasteiger partial charge in [-0.25, -0.2) is 4.98 Å². The molecule has 5 heteroatoms. The van der Waals surface area contributed by atoms with Crippen LogP contribution in [0.5, 0.6) is 0 Å². The van der Waals surface area contributed by atoms with Crippen molar-refractivity contribution in [3.05, 3.63) is 96.3 Å². The molecule has 160 valence electrons. The lowest BCUT2D eigenvalue weighted by Gasteiger charge is -2.23. The maximum atomic E-state index is 13.7. The van der Waals surface area contributed by atoms with Crippen LogP contribution in [0.25, 0.3) is 22.2 Å². The van der Waals surface area contributed by atoms with E-state index < -0.39 is 0 Å². The van der Waals surface area contributed by atoms with E-state index in [2.05, 4.69) is 16.0 Å². The number of para-hydroxylation sites is 1. The second kappa shape index (κ2) is 9.28. The molecule has 1 aliphatic heterocycles. The molecule has 32 heavy (non-hydrogen) atoms. The summed E-state index contributed by atoms with van der Waals surface area (Å²) in [6.45, 7) is 4.10. The van der Waals surface area contributed by atoms with Crippen molar-refractivity contribution < 1.29 is 4.79 Å². The van der Waals surface area contributed by atoms with Gasteiger partial charge in [-0.15, -0.1) is 0 Å². The Morgan fingerprint density at radius 3 is 2.50 bits per heavy atom. The first-order valence-electron chi connectivity index (χ1n) is 11.1. The Morgan fingerprint density at radius 2 is 1.66 bits per heavy atom. The van der Waals surface area contributed by atoms with Gasteiger partial charge in [-0.2, -0.15) is 0 Å². The van der Waals surface area contributed by atoms with Gasteiger partial charge in [-0.05, 0) is 30.7 Å². The summed E-state index contributed by atoms with van der Waals surface area (Å²) < 4.78 is 0. The molecule has 0 N–H and O–H groups in total. The Kier molecular flexibility index (Phi) is 5.90. The van der Waals surface area contributed by atoms with E-state index in [4.69, 9.17) is 4.98 Å². The molecule has 0 saturated carbocycles. The first kappa shape index (κ1) is 20.3. The molecule has 1 amide bonds.